The van der Waals surface area contributed by atoms with Gasteiger partial charge in [-0.1, -0.05) is 145 Å². The summed E-state index contributed by atoms with van der Waals surface area (Å²) in [7, 11) is -4.65. The van der Waals surface area contributed by atoms with Crippen molar-refractivity contribution < 1.29 is 47.8 Å². The Morgan fingerprint density at radius 3 is 1.19 bits per heavy atom. The second kappa shape index (κ2) is 41.6. The van der Waals surface area contributed by atoms with E-state index in [2.05, 4.69) is 86.8 Å². The van der Waals surface area contributed by atoms with E-state index in [1.807, 2.05) is 0 Å². The highest BCUT2D eigenvalue weighted by Crippen LogP contribution is 2.43. The lowest BCUT2D eigenvalue weighted by molar-refractivity contribution is -0.153. The first-order chi connectivity index (χ1) is 27.8. The summed E-state index contributed by atoms with van der Waals surface area (Å²) in [6.07, 6.45) is 47.2. The fraction of sp³-hybridized carbons (Fsp3) is 0.696. The van der Waals surface area contributed by atoms with Gasteiger partial charge in [0.2, 0.25) is 0 Å². The molecule has 0 saturated carbocycles. The van der Waals surface area contributed by atoms with Crippen molar-refractivity contribution in [1.82, 2.24) is 0 Å². The van der Waals surface area contributed by atoms with Crippen LogP contribution < -0.4 is 0 Å². The van der Waals surface area contributed by atoms with Crippen LogP contribution >= 0.6 is 7.82 Å². The van der Waals surface area contributed by atoms with Crippen LogP contribution in [0.3, 0.4) is 0 Å². The molecule has 57 heavy (non-hydrogen) atoms. The summed E-state index contributed by atoms with van der Waals surface area (Å²) >= 11 is 0. The van der Waals surface area contributed by atoms with E-state index in [1.54, 1.807) is 0 Å². The summed E-state index contributed by atoms with van der Waals surface area (Å²) in [6, 6.07) is 0. The van der Waals surface area contributed by atoms with Gasteiger partial charge in [-0.2, -0.15) is 0 Å². The summed E-state index contributed by atoms with van der Waals surface area (Å²) in [6.45, 7) is 2.02. The Morgan fingerprint density at radius 1 is 0.491 bits per heavy atom. The van der Waals surface area contributed by atoms with Crippen LogP contribution in [-0.2, 0) is 32.7 Å². The number of unbranched alkanes of at least 4 members (excludes halogenated alkanes) is 14. The van der Waals surface area contributed by atoms with Crippen molar-refractivity contribution in [3.8, 4) is 0 Å². The molecule has 0 aliphatic heterocycles. The summed E-state index contributed by atoms with van der Waals surface area (Å²) < 4.78 is 32.6. The predicted octanol–water partition coefficient (Wildman–Crippen LogP) is 11.7. The van der Waals surface area contributed by atoms with Crippen LogP contribution in [0.15, 0.2) is 72.9 Å². The molecule has 0 bridgehead atoms. The third-order valence-electron chi connectivity index (χ3n) is 8.90. The molecular formula is C46H79O10P. The molecule has 0 aliphatic carbocycles. The van der Waals surface area contributed by atoms with Gasteiger partial charge in [0.15, 0.2) is 0 Å². The minimum absolute atomic E-state index is 0.171. The molecule has 10 nitrogen and oxygen atoms in total. The Bertz CT molecular complexity index is 1180. The van der Waals surface area contributed by atoms with E-state index in [4.69, 9.17) is 18.5 Å². The van der Waals surface area contributed by atoms with Gasteiger partial charge in [-0.15, -0.1) is 0 Å². The van der Waals surface area contributed by atoms with E-state index < -0.39 is 58.4 Å². The number of hydrogen-bond donors (Lipinski definition) is 3. The predicted molar refractivity (Wildman–Crippen MR) is 233 cm³/mol. The largest absolute Gasteiger partial charge is 0.472 e. The number of ether oxygens (including phenoxy) is 2. The first-order valence-corrected chi connectivity index (χ1v) is 23.4. The molecule has 0 spiro atoms. The molecule has 0 radical (unpaired) electrons. The number of hydrogen-bond acceptors (Lipinski definition) is 9. The van der Waals surface area contributed by atoms with Crippen molar-refractivity contribution >= 4 is 19.8 Å². The maximum absolute atomic E-state index is 12.4. The second-order valence-electron chi connectivity index (χ2n) is 14.3. The van der Waals surface area contributed by atoms with E-state index in [0.29, 0.717) is 12.8 Å². The fourth-order valence-electron chi connectivity index (χ4n) is 5.55. The van der Waals surface area contributed by atoms with E-state index in [0.717, 1.165) is 109 Å². The van der Waals surface area contributed by atoms with Crippen LogP contribution in [-0.4, -0.2) is 65.7 Å². The number of aliphatic hydroxyl groups is 2. The molecule has 3 N–H and O–H groups in total. The van der Waals surface area contributed by atoms with Gasteiger partial charge in [0.05, 0.1) is 26.4 Å². The molecule has 0 amide bonds. The lowest BCUT2D eigenvalue weighted by atomic mass is 10.1. The number of esters is 2. The van der Waals surface area contributed by atoms with E-state index >= 15 is 0 Å². The van der Waals surface area contributed by atoms with Crippen molar-refractivity contribution in [1.29, 1.82) is 0 Å². The van der Waals surface area contributed by atoms with Crippen molar-refractivity contribution in [2.24, 2.45) is 0 Å². The van der Waals surface area contributed by atoms with Gasteiger partial charge in [-0.3, -0.25) is 18.6 Å². The first-order valence-electron chi connectivity index (χ1n) is 21.9. The summed E-state index contributed by atoms with van der Waals surface area (Å²) in [5.74, 6) is -1.05. The minimum atomic E-state index is -4.65. The molecule has 0 aromatic heterocycles. The molecule has 3 unspecified atom stereocenters. The van der Waals surface area contributed by atoms with Crippen molar-refractivity contribution in [2.45, 2.75) is 180 Å². The average Bonchev–Trinajstić information content (AvgIpc) is 3.20. The molecule has 0 rings (SSSR count). The Balaban J connectivity index is 3.97. The van der Waals surface area contributed by atoms with Gasteiger partial charge in [0.25, 0.3) is 0 Å². The number of carbonyl (C=O) groups excluding carboxylic acids is 2. The maximum atomic E-state index is 12.4. The molecule has 0 aromatic rings. The van der Waals surface area contributed by atoms with E-state index in [1.165, 1.54) is 19.3 Å². The topological polar surface area (TPSA) is 149 Å². The van der Waals surface area contributed by atoms with Gasteiger partial charge in [0.1, 0.15) is 12.2 Å². The van der Waals surface area contributed by atoms with Gasteiger partial charge in [-0.25, -0.2) is 4.57 Å². The quantitative estimate of drug-likeness (QED) is 0.0236. The number of carbonyl (C=O) groups is 2. The number of aliphatic hydroxyl groups excluding tert-OH is 2. The zero-order chi connectivity index (χ0) is 41.9. The highest BCUT2D eigenvalue weighted by atomic mass is 31.2. The third-order valence-corrected chi connectivity index (χ3v) is 9.85. The summed E-state index contributed by atoms with van der Waals surface area (Å²) in [4.78, 5) is 34.5. The molecule has 328 valence electrons. The second-order valence-corrected chi connectivity index (χ2v) is 15.7. The van der Waals surface area contributed by atoms with Crippen molar-refractivity contribution in [3.63, 3.8) is 0 Å². The van der Waals surface area contributed by atoms with Crippen molar-refractivity contribution in [3.05, 3.63) is 72.9 Å². The van der Waals surface area contributed by atoms with Gasteiger partial charge in [-0.05, 0) is 83.5 Å². The highest BCUT2D eigenvalue weighted by molar-refractivity contribution is 7.47. The normalized spacial score (nSPS) is 14.5. The molecule has 0 aliphatic rings. The molecule has 0 heterocycles. The summed E-state index contributed by atoms with van der Waals surface area (Å²) in [5.41, 5.74) is 0. The smallest absolute Gasteiger partial charge is 0.457 e. The molecule has 3 atom stereocenters. The van der Waals surface area contributed by atoms with Crippen molar-refractivity contribution in [2.75, 3.05) is 26.4 Å². The lowest BCUT2D eigenvalue weighted by Crippen LogP contribution is -2.28. The van der Waals surface area contributed by atoms with Crippen LogP contribution in [0.2, 0.25) is 0 Å². The van der Waals surface area contributed by atoms with Crippen LogP contribution in [0.4, 0.5) is 0 Å². The van der Waals surface area contributed by atoms with Crippen LogP contribution in [0, 0.1) is 0 Å². The van der Waals surface area contributed by atoms with E-state index in [9.17, 15) is 29.3 Å². The van der Waals surface area contributed by atoms with E-state index in [-0.39, 0.29) is 12.8 Å². The summed E-state index contributed by atoms with van der Waals surface area (Å²) in [5, 5.41) is 19.2. The Labute approximate surface area is 346 Å². The maximum Gasteiger partial charge on any atom is 0.472 e. The lowest BCUT2D eigenvalue weighted by Gasteiger charge is -2.20. The molecule has 11 heteroatoms. The molecule has 0 fully saturated rings. The van der Waals surface area contributed by atoms with Gasteiger partial charge < -0.3 is 24.6 Å². The van der Waals surface area contributed by atoms with Crippen LogP contribution in [0.5, 0.6) is 0 Å². The Morgan fingerprint density at radius 2 is 0.825 bits per heavy atom. The zero-order valence-corrected chi connectivity index (χ0v) is 36.4. The highest BCUT2D eigenvalue weighted by Gasteiger charge is 2.27. The monoisotopic (exact) mass is 823 g/mol. The molecule has 0 saturated heterocycles. The van der Waals surface area contributed by atoms with Gasteiger partial charge in [0, 0.05) is 12.8 Å². The fourth-order valence-corrected chi connectivity index (χ4v) is 6.33. The molecule has 0 aromatic carbocycles. The third kappa shape index (κ3) is 40.0. The number of allylic oxidation sites excluding steroid dienone is 12. The number of rotatable bonds is 40. The van der Waals surface area contributed by atoms with Gasteiger partial charge >= 0.3 is 19.8 Å². The zero-order valence-electron chi connectivity index (χ0n) is 35.5. The minimum Gasteiger partial charge on any atom is -0.457 e. The first kappa shape index (κ1) is 54.4. The standard InChI is InChI=1S/C46H79O10P/c1-3-5-7-9-11-13-15-17-19-20-21-22-24-26-28-30-32-34-36-38-46(50)56-44(40-48)42-54-57(51,52)53-41-43(39-47)55-45(49)37-35-33-31-29-27-25-23-18-16-14-12-10-8-6-4-2/h5,7,11-14,17-19,21-23,43-44,47-48H,3-4,6,8-10,15-16,20,24-42H2,1-2H3,(H,51,52)/b7-5-,13-11-,14-12-,19-17-,22-21-,23-18-. The average molecular weight is 823 g/mol. The SMILES string of the molecule is CC/C=C\C/C=C\C/C=C\C/C=C\CCCCCCCCC(=O)OC(CO)COP(=O)(O)OCC(CO)OC(=O)CCCCCCC/C=C\C/C=C\CCCCC. The Kier molecular flexibility index (Phi) is 39.7. The molecular weight excluding hydrogens is 743 g/mol. The van der Waals surface area contributed by atoms with Crippen LogP contribution in [0.1, 0.15) is 168 Å². The number of phosphoric acid groups is 1. The van der Waals surface area contributed by atoms with Crippen LogP contribution in [0.25, 0.3) is 0 Å². The Hall–Kier alpha value is -2.59. The number of phosphoric ester groups is 1.